The summed E-state index contributed by atoms with van der Waals surface area (Å²) in [6.07, 6.45) is -0.975. The van der Waals surface area contributed by atoms with Crippen LogP contribution in [0.4, 0.5) is 5.69 Å². The minimum Gasteiger partial charge on any atom is -0.508 e. The fourth-order valence-electron chi connectivity index (χ4n) is 3.01. The van der Waals surface area contributed by atoms with Crippen molar-refractivity contribution in [3.8, 4) is 5.75 Å². The number of phenolic OH excluding ortho intramolecular Hbond substituents is 1. The zero-order valence-corrected chi connectivity index (χ0v) is 14.4. The van der Waals surface area contributed by atoms with Crippen molar-refractivity contribution in [3.05, 3.63) is 59.1 Å². The van der Waals surface area contributed by atoms with E-state index in [2.05, 4.69) is 0 Å². The van der Waals surface area contributed by atoms with Gasteiger partial charge in [0.05, 0.1) is 23.7 Å². The number of hydrogen-bond acceptors (Lipinski definition) is 5. The summed E-state index contributed by atoms with van der Waals surface area (Å²) in [7, 11) is -3.29. The average molecular weight is 368 g/mol. The smallest absolute Gasteiger partial charge is 0.155 e. The third-order valence-corrected chi connectivity index (χ3v) is 6.03. The second kappa shape index (κ2) is 6.63. The molecule has 1 fully saturated rings. The second-order valence-corrected chi connectivity index (χ2v) is 8.58. The Morgan fingerprint density at radius 2 is 1.88 bits per heavy atom. The molecule has 0 radical (unpaired) electrons. The van der Waals surface area contributed by atoms with Crippen LogP contribution in [0.2, 0.25) is 5.02 Å². The molecule has 0 saturated carbocycles. The van der Waals surface area contributed by atoms with Gasteiger partial charge in [0.25, 0.3) is 0 Å². The molecule has 128 valence electrons. The van der Waals surface area contributed by atoms with Crippen molar-refractivity contribution in [2.45, 2.75) is 18.7 Å². The SMILES string of the molecule is O=S1(=O)C[C@@H](N(Cc2cccc(Cl)c2)c2cccc(O)c2)[C@@H](O)C1. The highest BCUT2D eigenvalue weighted by molar-refractivity contribution is 7.91. The molecule has 5 nitrogen and oxygen atoms in total. The van der Waals surface area contributed by atoms with Crippen LogP contribution in [0.1, 0.15) is 5.56 Å². The Labute approximate surface area is 146 Å². The fourth-order valence-corrected chi connectivity index (χ4v) is 5.03. The molecule has 24 heavy (non-hydrogen) atoms. The summed E-state index contributed by atoms with van der Waals surface area (Å²) in [6.45, 7) is 0.376. The van der Waals surface area contributed by atoms with Gasteiger partial charge in [-0.2, -0.15) is 0 Å². The molecular weight excluding hydrogens is 350 g/mol. The summed E-state index contributed by atoms with van der Waals surface area (Å²) in [6, 6.07) is 13.3. The highest BCUT2D eigenvalue weighted by Crippen LogP contribution is 2.29. The third-order valence-electron chi connectivity index (χ3n) is 4.10. The summed E-state index contributed by atoms with van der Waals surface area (Å²) >= 11 is 6.03. The molecule has 0 bridgehead atoms. The highest BCUT2D eigenvalue weighted by atomic mass is 35.5. The van der Waals surface area contributed by atoms with Crippen LogP contribution >= 0.6 is 11.6 Å². The molecule has 0 aliphatic carbocycles. The number of nitrogens with zero attached hydrogens (tertiary/aromatic N) is 1. The van der Waals surface area contributed by atoms with E-state index in [1.807, 2.05) is 12.1 Å². The number of aromatic hydroxyl groups is 1. The first-order valence-corrected chi connectivity index (χ1v) is 9.72. The maximum absolute atomic E-state index is 11.9. The molecule has 7 heteroatoms. The van der Waals surface area contributed by atoms with Gasteiger partial charge in [0, 0.05) is 23.3 Å². The second-order valence-electron chi connectivity index (χ2n) is 5.99. The normalized spacial score (nSPS) is 22.4. The van der Waals surface area contributed by atoms with E-state index in [4.69, 9.17) is 11.6 Å². The van der Waals surface area contributed by atoms with Crippen LogP contribution in [0.3, 0.4) is 0 Å². The third kappa shape index (κ3) is 3.83. The van der Waals surface area contributed by atoms with Crippen LogP contribution < -0.4 is 4.90 Å². The van der Waals surface area contributed by atoms with E-state index in [1.165, 1.54) is 0 Å². The van der Waals surface area contributed by atoms with Gasteiger partial charge < -0.3 is 15.1 Å². The van der Waals surface area contributed by atoms with Gasteiger partial charge in [-0.3, -0.25) is 0 Å². The van der Waals surface area contributed by atoms with Crippen LogP contribution in [-0.4, -0.2) is 42.3 Å². The Morgan fingerprint density at radius 1 is 1.12 bits per heavy atom. The Hall–Kier alpha value is -1.76. The molecule has 0 unspecified atom stereocenters. The van der Waals surface area contributed by atoms with Crippen molar-refractivity contribution in [1.82, 2.24) is 0 Å². The lowest BCUT2D eigenvalue weighted by Crippen LogP contribution is -2.42. The van der Waals surface area contributed by atoms with Crippen molar-refractivity contribution in [1.29, 1.82) is 0 Å². The number of aliphatic hydroxyl groups excluding tert-OH is 1. The minimum absolute atomic E-state index is 0.0823. The quantitative estimate of drug-likeness (QED) is 0.866. The van der Waals surface area contributed by atoms with E-state index in [0.717, 1.165) is 5.56 Å². The van der Waals surface area contributed by atoms with E-state index in [-0.39, 0.29) is 17.3 Å². The zero-order chi connectivity index (χ0) is 17.3. The summed E-state index contributed by atoms with van der Waals surface area (Å²) in [5.74, 6) is -0.286. The van der Waals surface area contributed by atoms with Crippen molar-refractivity contribution in [2.24, 2.45) is 0 Å². The Morgan fingerprint density at radius 3 is 2.50 bits per heavy atom. The number of phenols is 1. The number of rotatable bonds is 4. The molecule has 1 aliphatic heterocycles. The average Bonchev–Trinajstić information content (AvgIpc) is 2.77. The van der Waals surface area contributed by atoms with Gasteiger partial charge in [-0.25, -0.2) is 8.42 Å². The summed E-state index contributed by atoms with van der Waals surface area (Å²) in [5, 5.41) is 20.6. The number of halogens is 1. The lowest BCUT2D eigenvalue weighted by molar-refractivity contribution is 0.177. The van der Waals surface area contributed by atoms with Crippen LogP contribution in [0.25, 0.3) is 0 Å². The molecular formula is C17H18ClNO4S. The fraction of sp³-hybridized carbons (Fsp3) is 0.294. The van der Waals surface area contributed by atoms with Gasteiger partial charge in [-0.1, -0.05) is 29.8 Å². The lowest BCUT2D eigenvalue weighted by Gasteiger charge is -2.32. The molecule has 2 N–H and O–H groups in total. The summed E-state index contributed by atoms with van der Waals surface area (Å²) in [5.41, 5.74) is 1.54. The number of aliphatic hydroxyl groups is 1. The van der Waals surface area contributed by atoms with Crippen LogP contribution in [0, 0.1) is 0 Å². The minimum atomic E-state index is -3.29. The van der Waals surface area contributed by atoms with Crippen LogP contribution in [0.15, 0.2) is 48.5 Å². The number of anilines is 1. The van der Waals surface area contributed by atoms with Crippen molar-refractivity contribution in [3.63, 3.8) is 0 Å². The molecule has 0 aromatic heterocycles. The van der Waals surface area contributed by atoms with Gasteiger partial charge in [0.1, 0.15) is 5.75 Å². The van der Waals surface area contributed by atoms with Crippen molar-refractivity contribution >= 4 is 27.1 Å². The van der Waals surface area contributed by atoms with Crippen LogP contribution in [-0.2, 0) is 16.4 Å². The lowest BCUT2D eigenvalue weighted by atomic mass is 10.1. The first kappa shape index (κ1) is 17.1. The van der Waals surface area contributed by atoms with E-state index in [9.17, 15) is 18.6 Å². The monoisotopic (exact) mass is 367 g/mol. The molecule has 2 aromatic rings. The van der Waals surface area contributed by atoms with E-state index in [0.29, 0.717) is 17.3 Å². The number of sulfone groups is 1. The summed E-state index contributed by atoms with van der Waals surface area (Å²) in [4.78, 5) is 1.81. The van der Waals surface area contributed by atoms with Gasteiger partial charge in [0.15, 0.2) is 9.84 Å². The van der Waals surface area contributed by atoms with Crippen LogP contribution in [0.5, 0.6) is 5.75 Å². The molecule has 0 spiro atoms. The van der Waals surface area contributed by atoms with E-state index in [1.54, 1.807) is 41.3 Å². The van der Waals surface area contributed by atoms with Gasteiger partial charge in [-0.05, 0) is 29.8 Å². The largest absolute Gasteiger partial charge is 0.508 e. The van der Waals surface area contributed by atoms with Gasteiger partial charge >= 0.3 is 0 Å². The van der Waals surface area contributed by atoms with E-state index < -0.39 is 22.0 Å². The Balaban J connectivity index is 1.98. The Kier molecular flexibility index (Phi) is 4.71. The Bertz CT molecular complexity index is 840. The predicted molar refractivity (Wildman–Crippen MR) is 94.2 cm³/mol. The number of benzene rings is 2. The van der Waals surface area contributed by atoms with Crippen molar-refractivity contribution in [2.75, 3.05) is 16.4 Å². The molecule has 0 amide bonds. The molecule has 2 atom stereocenters. The first-order chi connectivity index (χ1) is 11.3. The molecule has 1 saturated heterocycles. The maximum Gasteiger partial charge on any atom is 0.155 e. The topological polar surface area (TPSA) is 77.8 Å². The van der Waals surface area contributed by atoms with Gasteiger partial charge in [0.2, 0.25) is 0 Å². The van der Waals surface area contributed by atoms with Crippen molar-refractivity contribution < 1.29 is 18.6 Å². The number of hydrogen-bond donors (Lipinski definition) is 2. The van der Waals surface area contributed by atoms with E-state index >= 15 is 0 Å². The molecule has 2 aromatic carbocycles. The summed E-state index contributed by atoms with van der Waals surface area (Å²) < 4.78 is 23.8. The predicted octanol–water partition coefficient (Wildman–Crippen LogP) is 2.21. The molecule has 1 heterocycles. The maximum atomic E-state index is 11.9. The highest BCUT2D eigenvalue weighted by Gasteiger charge is 2.40. The zero-order valence-electron chi connectivity index (χ0n) is 12.8. The standard InChI is InChI=1S/C17H18ClNO4S/c18-13-4-1-3-12(7-13)9-19(14-5-2-6-15(20)8-14)16-10-24(22,23)11-17(16)21/h1-8,16-17,20-21H,9-11H2/t16-,17+/m1/s1. The van der Waals surface area contributed by atoms with Gasteiger partial charge in [-0.15, -0.1) is 0 Å². The molecule has 1 aliphatic rings. The first-order valence-electron chi connectivity index (χ1n) is 7.53. The molecule has 3 rings (SSSR count).